The third-order valence-electron chi connectivity index (χ3n) is 8.97. The molecule has 5 aromatic rings. The average Bonchev–Trinajstić information content (AvgIpc) is 3.77. The van der Waals surface area contributed by atoms with Crippen LogP contribution in [0, 0.1) is 19.8 Å². The van der Waals surface area contributed by atoms with Crippen molar-refractivity contribution in [2.75, 3.05) is 32.0 Å². The summed E-state index contributed by atoms with van der Waals surface area (Å²) in [6, 6.07) is 9.64. The minimum Gasteiger partial charge on any atom is -0.481 e. The Hall–Kier alpha value is -4.16. The Labute approximate surface area is 275 Å². The van der Waals surface area contributed by atoms with Crippen LogP contribution in [0.3, 0.4) is 0 Å². The number of amides is 1. The van der Waals surface area contributed by atoms with E-state index in [0.29, 0.717) is 52.2 Å². The summed E-state index contributed by atoms with van der Waals surface area (Å²) >= 11 is 8.11. The fraction of sp³-hybridized carbons (Fsp3) is 0.324. The summed E-state index contributed by atoms with van der Waals surface area (Å²) in [5.41, 5.74) is 8.23. The molecule has 10 nitrogen and oxygen atoms in total. The molecule has 3 aromatic heterocycles. The molecule has 2 aromatic carbocycles. The molecule has 12 heteroatoms. The second-order valence-electron chi connectivity index (χ2n) is 12.2. The maximum absolute atomic E-state index is 13.2. The average molecular weight is 657 g/mol. The molecule has 7 rings (SSSR count). The quantitative estimate of drug-likeness (QED) is 0.204. The maximum Gasteiger partial charge on any atom is 0.307 e. The van der Waals surface area contributed by atoms with Crippen molar-refractivity contribution >= 4 is 51.6 Å². The highest BCUT2D eigenvalue weighted by Crippen LogP contribution is 2.37. The zero-order chi connectivity index (χ0) is 32.1. The molecule has 1 amide bonds. The van der Waals surface area contributed by atoms with Gasteiger partial charge in [0.25, 0.3) is 5.91 Å². The number of carboxylic acids is 1. The first-order valence-electron chi connectivity index (χ1n) is 15.2. The second kappa shape index (κ2) is 12.2. The lowest BCUT2D eigenvalue weighted by atomic mass is 9.95. The monoisotopic (exact) mass is 656 g/mol. The molecule has 0 aliphatic carbocycles. The van der Waals surface area contributed by atoms with Gasteiger partial charge in [-0.15, -0.1) is 11.3 Å². The van der Waals surface area contributed by atoms with E-state index in [2.05, 4.69) is 32.1 Å². The number of hydrogen-bond acceptors (Lipinski definition) is 9. The molecule has 2 aliphatic rings. The number of thiazole rings is 1. The van der Waals surface area contributed by atoms with Crippen LogP contribution in [0.2, 0.25) is 5.02 Å². The zero-order valence-electron chi connectivity index (χ0n) is 25.8. The van der Waals surface area contributed by atoms with Gasteiger partial charge in [0, 0.05) is 61.1 Å². The molecular formula is C34H33ClN6O4S. The molecule has 2 aliphatic heterocycles. The molecule has 236 valence electrons. The van der Waals surface area contributed by atoms with E-state index >= 15 is 0 Å². The largest absolute Gasteiger partial charge is 0.481 e. The number of fused-ring (bicyclic) bond motifs is 2. The molecule has 0 spiro atoms. The van der Waals surface area contributed by atoms with Crippen LogP contribution in [0.25, 0.3) is 33.7 Å². The van der Waals surface area contributed by atoms with Crippen LogP contribution in [0.1, 0.15) is 43.5 Å². The van der Waals surface area contributed by atoms with Gasteiger partial charge >= 0.3 is 5.97 Å². The number of oxazole rings is 1. The van der Waals surface area contributed by atoms with Crippen LogP contribution in [0.4, 0.5) is 5.69 Å². The smallest absolute Gasteiger partial charge is 0.307 e. The van der Waals surface area contributed by atoms with E-state index in [1.165, 1.54) is 11.3 Å². The summed E-state index contributed by atoms with van der Waals surface area (Å²) in [5, 5.41) is 13.4. The number of carbonyl (C=O) groups excluding carboxylic acids is 1. The van der Waals surface area contributed by atoms with Gasteiger partial charge in [0.1, 0.15) is 5.52 Å². The molecule has 1 fully saturated rings. The number of pyridine rings is 1. The standard InChI is InChI=1S/C34H33ClN6O4S/c1-18-23(22-5-4-6-26(19(22)2)37-31(42)33-39-27-8-9-40(3)17-29(27)46-33)13-36-14-24(18)32-38-28-12-20(11-25(35)30(28)45-32)15-41-10-7-21(16-41)34(43)44/h4-6,11-14,21H,7-10,15-17H2,1-3H3,(H,37,42)(H,43,44)/t21-/m1/s1. The summed E-state index contributed by atoms with van der Waals surface area (Å²) in [7, 11) is 2.08. The van der Waals surface area contributed by atoms with E-state index in [-0.39, 0.29) is 11.8 Å². The van der Waals surface area contributed by atoms with E-state index in [1.54, 1.807) is 6.20 Å². The summed E-state index contributed by atoms with van der Waals surface area (Å²) in [6.45, 7) is 7.58. The van der Waals surface area contributed by atoms with Gasteiger partial charge in [-0.25, -0.2) is 9.97 Å². The molecule has 0 unspecified atom stereocenters. The van der Waals surface area contributed by atoms with Gasteiger partial charge in [-0.2, -0.15) is 0 Å². The number of likely N-dealkylation sites (tertiary alicyclic amines) is 1. The van der Waals surface area contributed by atoms with Gasteiger partial charge < -0.3 is 19.7 Å². The van der Waals surface area contributed by atoms with Crippen LogP contribution in [0.15, 0.2) is 47.1 Å². The van der Waals surface area contributed by atoms with Crippen molar-refractivity contribution in [2.24, 2.45) is 5.92 Å². The number of rotatable bonds is 7. The van der Waals surface area contributed by atoms with Crippen molar-refractivity contribution in [1.82, 2.24) is 24.8 Å². The second-order valence-corrected chi connectivity index (χ2v) is 13.7. The lowest BCUT2D eigenvalue weighted by molar-refractivity contribution is -0.141. The highest BCUT2D eigenvalue weighted by atomic mass is 35.5. The van der Waals surface area contributed by atoms with Crippen LogP contribution in [-0.4, -0.2) is 68.4 Å². The Morgan fingerprint density at radius 1 is 1.11 bits per heavy atom. The minimum atomic E-state index is -0.753. The molecule has 0 radical (unpaired) electrons. The first-order valence-corrected chi connectivity index (χ1v) is 16.4. The van der Waals surface area contributed by atoms with Crippen molar-refractivity contribution in [3.63, 3.8) is 0 Å². The van der Waals surface area contributed by atoms with Gasteiger partial charge in [0.15, 0.2) is 10.6 Å². The highest BCUT2D eigenvalue weighted by Gasteiger charge is 2.28. The number of hydrogen-bond donors (Lipinski definition) is 2. The Balaban J connectivity index is 1.15. The Morgan fingerprint density at radius 3 is 2.74 bits per heavy atom. The summed E-state index contributed by atoms with van der Waals surface area (Å²) in [6.07, 6.45) is 5.04. The van der Waals surface area contributed by atoms with Crippen LogP contribution < -0.4 is 5.32 Å². The molecule has 0 saturated carbocycles. The van der Waals surface area contributed by atoms with Crippen LogP contribution in [-0.2, 0) is 24.3 Å². The van der Waals surface area contributed by atoms with Crippen molar-refractivity contribution in [3.8, 4) is 22.6 Å². The third kappa shape index (κ3) is 5.79. The number of carbonyl (C=O) groups is 2. The van der Waals surface area contributed by atoms with Gasteiger partial charge in [-0.05, 0) is 74.3 Å². The van der Waals surface area contributed by atoms with Crippen LogP contribution in [0.5, 0.6) is 0 Å². The van der Waals surface area contributed by atoms with Crippen molar-refractivity contribution in [1.29, 1.82) is 0 Å². The minimum absolute atomic E-state index is 0.208. The van der Waals surface area contributed by atoms with Gasteiger partial charge in [0.05, 0.1) is 22.2 Å². The number of nitrogens with zero attached hydrogens (tertiary/aromatic N) is 5. The first-order chi connectivity index (χ1) is 22.1. The molecule has 46 heavy (non-hydrogen) atoms. The number of halogens is 1. The fourth-order valence-corrected chi connectivity index (χ4v) is 7.72. The Morgan fingerprint density at radius 2 is 1.93 bits per heavy atom. The summed E-state index contributed by atoms with van der Waals surface area (Å²) < 4.78 is 6.19. The molecule has 0 bridgehead atoms. The fourth-order valence-electron chi connectivity index (χ4n) is 6.36. The summed E-state index contributed by atoms with van der Waals surface area (Å²) in [4.78, 5) is 44.1. The number of anilines is 1. The van der Waals surface area contributed by atoms with E-state index in [9.17, 15) is 14.7 Å². The van der Waals surface area contributed by atoms with E-state index in [4.69, 9.17) is 21.0 Å². The predicted octanol–water partition coefficient (Wildman–Crippen LogP) is 6.43. The third-order valence-corrected chi connectivity index (χ3v) is 10.3. The first kappa shape index (κ1) is 30.5. The molecule has 1 atom stereocenters. The predicted molar refractivity (Wildman–Crippen MR) is 178 cm³/mol. The normalized spacial score (nSPS) is 17.0. The molecule has 5 heterocycles. The number of aromatic nitrogens is 3. The molecule has 2 N–H and O–H groups in total. The maximum atomic E-state index is 13.2. The topological polar surface area (TPSA) is 125 Å². The molecular weight excluding hydrogens is 624 g/mol. The van der Waals surface area contributed by atoms with Gasteiger partial charge in [-0.3, -0.25) is 19.5 Å². The van der Waals surface area contributed by atoms with Crippen LogP contribution >= 0.6 is 22.9 Å². The number of nitrogens with one attached hydrogen (secondary N) is 1. The van der Waals surface area contributed by atoms with E-state index in [0.717, 1.165) is 70.0 Å². The van der Waals surface area contributed by atoms with E-state index in [1.807, 2.05) is 50.4 Å². The lowest BCUT2D eigenvalue weighted by Gasteiger charge is -2.20. The highest BCUT2D eigenvalue weighted by molar-refractivity contribution is 7.13. The molecule has 1 saturated heterocycles. The SMILES string of the molecule is Cc1c(NC(=O)c2nc3c(s2)CN(C)CC3)cccc1-c1cncc(-c2nc3cc(CN4CC[C@@H](C(=O)O)C4)cc(Cl)c3o2)c1C. The summed E-state index contributed by atoms with van der Waals surface area (Å²) in [5.74, 6) is -0.891. The van der Waals surface area contributed by atoms with Gasteiger partial charge in [-0.1, -0.05) is 23.7 Å². The number of aliphatic carboxylic acids is 1. The lowest BCUT2D eigenvalue weighted by Crippen LogP contribution is -2.25. The Bertz CT molecular complexity index is 2010. The number of carboxylic acid groups (broad SMARTS) is 1. The van der Waals surface area contributed by atoms with Crippen molar-refractivity contribution in [3.05, 3.63) is 80.0 Å². The Kier molecular flexibility index (Phi) is 8.10. The number of likely N-dealkylation sites (N-methyl/N-ethyl adjacent to an activating group) is 1. The van der Waals surface area contributed by atoms with Crippen molar-refractivity contribution < 1.29 is 19.1 Å². The number of benzene rings is 2. The van der Waals surface area contributed by atoms with Gasteiger partial charge in [0.2, 0.25) is 5.89 Å². The zero-order valence-corrected chi connectivity index (χ0v) is 27.3. The van der Waals surface area contributed by atoms with Crippen molar-refractivity contribution in [2.45, 2.75) is 39.8 Å². The van der Waals surface area contributed by atoms with E-state index < -0.39 is 5.97 Å².